The minimum absolute atomic E-state index is 0.226. The van der Waals surface area contributed by atoms with Gasteiger partial charge in [0.05, 0.1) is 11.3 Å². The molecule has 0 saturated heterocycles. The molecule has 0 bridgehead atoms. The first-order valence-corrected chi connectivity index (χ1v) is 11.2. The van der Waals surface area contributed by atoms with Crippen LogP contribution in [0.15, 0.2) is 89.4 Å². The summed E-state index contributed by atoms with van der Waals surface area (Å²) in [5, 5.41) is 0.860. The summed E-state index contributed by atoms with van der Waals surface area (Å²) < 4.78 is 8.35. The highest BCUT2D eigenvalue weighted by Crippen LogP contribution is 2.34. The quantitative estimate of drug-likeness (QED) is 0.169. The average Bonchev–Trinajstić information content (AvgIpc) is 3.16. The van der Waals surface area contributed by atoms with Crippen LogP contribution in [0.3, 0.4) is 0 Å². The van der Waals surface area contributed by atoms with Crippen molar-refractivity contribution < 1.29 is 14.3 Å². The molecule has 3 aromatic carbocycles. The standard InChI is InChI=1S/C27H22BrNO3/c1-2-29-23-14-7-6-13-22(23)26(27(29)20-10-4-3-5-11-20)24(30)18-32-25(31)16-15-19-9-8-12-21(28)17-19/h3-17H,2,18H2,1H3. The van der Waals surface area contributed by atoms with E-state index in [-0.39, 0.29) is 12.4 Å². The fourth-order valence-corrected chi connectivity index (χ4v) is 4.26. The molecule has 160 valence electrons. The largest absolute Gasteiger partial charge is 0.454 e. The third-order valence-corrected chi connectivity index (χ3v) is 5.71. The second-order valence-corrected chi connectivity index (χ2v) is 8.19. The summed E-state index contributed by atoms with van der Waals surface area (Å²) in [6.07, 6.45) is 3.00. The number of ketones is 1. The Hall–Kier alpha value is -3.44. The molecular weight excluding hydrogens is 466 g/mol. The van der Waals surface area contributed by atoms with Crippen LogP contribution in [0.25, 0.3) is 28.2 Å². The van der Waals surface area contributed by atoms with E-state index in [0.717, 1.165) is 32.2 Å². The number of rotatable bonds is 7. The lowest BCUT2D eigenvalue weighted by molar-refractivity contribution is -0.136. The molecule has 0 aliphatic carbocycles. The van der Waals surface area contributed by atoms with Crippen LogP contribution >= 0.6 is 15.9 Å². The van der Waals surface area contributed by atoms with Crippen molar-refractivity contribution in [3.63, 3.8) is 0 Å². The van der Waals surface area contributed by atoms with Crippen LogP contribution in [0.1, 0.15) is 22.8 Å². The van der Waals surface area contributed by atoms with Crippen LogP contribution in [-0.2, 0) is 16.1 Å². The first kappa shape index (κ1) is 21.8. The van der Waals surface area contributed by atoms with Gasteiger partial charge in [0, 0.05) is 28.0 Å². The van der Waals surface area contributed by atoms with Crippen LogP contribution in [0, 0.1) is 0 Å². The smallest absolute Gasteiger partial charge is 0.331 e. The summed E-state index contributed by atoms with van der Waals surface area (Å²) in [6.45, 7) is 2.45. The Balaban J connectivity index is 1.61. The average molecular weight is 488 g/mol. The Morgan fingerprint density at radius 3 is 2.47 bits per heavy atom. The lowest BCUT2D eigenvalue weighted by Gasteiger charge is -2.10. The number of aromatic nitrogens is 1. The SMILES string of the molecule is CCn1c(-c2ccccc2)c(C(=O)COC(=O)C=Cc2cccc(Br)c2)c2ccccc21. The molecule has 1 aromatic heterocycles. The fourth-order valence-electron chi connectivity index (χ4n) is 3.84. The van der Waals surface area contributed by atoms with Crippen molar-refractivity contribution in [2.75, 3.05) is 6.61 Å². The molecule has 0 N–H and O–H groups in total. The lowest BCUT2D eigenvalue weighted by Crippen LogP contribution is -2.13. The third-order valence-electron chi connectivity index (χ3n) is 5.22. The first-order valence-electron chi connectivity index (χ1n) is 10.4. The van der Waals surface area contributed by atoms with E-state index in [9.17, 15) is 9.59 Å². The number of nitrogens with zero attached hydrogens (tertiary/aromatic N) is 1. The van der Waals surface area contributed by atoms with Crippen LogP contribution in [0.2, 0.25) is 0 Å². The van der Waals surface area contributed by atoms with Crippen molar-refractivity contribution in [1.29, 1.82) is 0 Å². The van der Waals surface area contributed by atoms with Gasteiger partial charge in [0.1, 0.15) is 0 Å². The third kappa shape index (κ3) is 4.58. The highest BCUT2D eigenvalue weighted by molar-refractivity contribution is 9.10. The van der Waals surface area contributed by atoms with Crippen LogP contribution in [0.4, 0.5) is 0 Å². The van der Waals surface area contributed by atoms with Gasteiger partial charge in [0.2, 0.25) is 5.78 Å². The number of fused-ring (bicyclic) bond motifs is 1. The number of carbonyl (C=O) groups is 2. The maximum Gasteiger partial charge on any atom is 0.331 e. The van der Waals surface area contributed by atoms with Crippen molar-refractivity contribution in [3.05, 3.63) is 101 Å². The highest BCUT2D eigenvalue weighted by Gasteiger charge is 2.23. The van der Waals surface area contributed by atoms with Gasteiger partial charge in [-0.3, -0.25) is 4.79 Å². The van der Waals surface area contributed by atoms with Crippen LogP contribution < -0.4 is 0 Å². The Labute approximate surface area is 195 Å². The number of hydrogen-bond acceptors (Lipinski definition) is 3. The number of carbonyl (C=O) groups excluding carboxylic acids is 2. The molecule has 0 unspecified atom stereocenters. The highest BCUT2D eigenvalue weighted by atomic mass is 79.9. The van der Waals surface area contributed by atoms with Gasteiger partial charge in [-0.05, 0) is 42.3 Å². The van der Waals surface area contributed by atoms with Crippen molar-refractivity contribution in [3.8, 4) is 11.3 Å². The van der Waals surface area contributed by atoms with Gasteiger partial charge in [-0.25, -0.2) is 4.79 Å². The van der Waals surface area contributed by atoms with E-state index in [0.29, 0.717) is 12.1 Å². The summed E-state index contributed by atoms with van der Waals surface area (Å²) in [5.41, 5.74) is 4.23. The maximum absolute atomic E-state index is 13.3. The number of aryl methyl sites for hydroxylation is 1. The van der Waals surface area contributed by atoms with E-state index in [2.05, 4.69) is 27.4 Å². The van der Waals surface area contributed by atoms with E-state index in [1.165, 1.54) is 6.08 Å². The Morgan fingerprint density at radius 2 is 1.72 bits per heavy atom. The monoisotopic (exact) mass is 487 g/mol. The van der Waals surface area contributed by atoms with E-state index in [1.807, 2.05) is 78.9 Å². The zero-order chi connectivity index (χ0) is 22.5. The topological polar surface area (TPSA) is 48.3 Å². The van der Waals surface area contributed by atoms with Crippen molar-refractivity contribution in [2.45, 2.75) is 13.5 Å². The molecule has 5 heteroatoms. The number of halogens is 1. The molecule has 4 aromatic rings. The molecule has 0 saturated carbocycles. The van der Waals surface area contributed by atoms with E-state index >= 15 is 0 Å². The van der Waals surface area contributed by atoms with Gasteiger partial charge in [0.15, 0.2) is 6.61 Å². The maximum atomic E-state index is 13.3. The molecule has 0 atom stereocenters. The fraction of sp³-hybridized carbons (Fsp3) is 0.111. The molecule has 0 amide bonds. The number of para-hydroxylation sites is 1. The molecule has 4 rings (SSSR count). The second kappa shape index (κ2) is 9.79. The van der Waals surface area contributed by atoms with Crippen molar-refractivity contribution >= 4 is 44.7 Å². The number of ether oxygens (including phenoxy) is 1. The Kier molecular flexibility index (Phi) is 6.66. The molecule has 0 radical (unpaired) electrons. The number of esters is 1. The number of hydrogen-bond donors (Lipinski definition) is 0. The van der Waals surface area contributed by atoms with Crippen molar-refractivity contribution in [1.82, 2.24) is 4.57 Å². The zero-order valence-electron chi connectivity index (χ0n) is 17.6. The summed E-state index contributed by atoms with van der Waals surface area (Å²) in [5.74, 6) is -0.782. The van der Waals surface area contributed by atoms with Gasteiger partial charge in [-0.1, -0.05) is 76.6 Å². The van der Waals surface area contributed by atoms with Crippen molar-refractivity contribution in [2.24, 2.45) is 0 Å². The van der Waals surface area contributed by atoms with Gasteiger partial charge in [-0.15, -0.1) is 0 Å². The molecule has 32 heavy (non-hydrogen) atoms. The van der Waals surface area contributed by atoms with E-state index in [1.54, 1.807) is 6.08 Å². The summed E-state index contributed by atoms with van der Waals surface area (Å²) >= 11 is 3.40. The lowest BCUT2D eigenvalue weighted by atomic mass is 10.0. The van der Waals surface area contributed by atoms with Gasteiger partial charge >= 0.3 is 5.97 Å². The molecule has 0 fully saturated rings. The molecule has 0 spiro atoms. The minimum atomic E-state index is -0.557. The Bertz CT molecular complexity index is 1310. The van der Waals surface area contributed by atoms with Crippen LogP contribution in [0.5, 0.6) is 0 Å². The molecule has 0 aliphatic heterocycles. The summed E-state index contributed by atoms with van der Waals surface area (Å²) in [7, 11) is 0. The predicted molar refractivity (Wildman–Crippen MR) is 132 cm³/mol. The van der Waals surface area contributed by atoms with Gasteiger partial charge in [-0.2, -0.15) is 0 Å². The first-order chi connectivity index (χ1) is 15.6. The number of Topliss-reactive ketones (excluding diaryl/α,β-unsaturated/α-hetero) is 1. The van der Waals surface area contributed by atoms with Crippen LogP contribution in [-0.4, -0.2) is 22.9 Å². The van der Waals surface area contributed by atoms with E-state index in [4.69, 9.17) is 4.74 Å². The Morgan fingerprint density at radius 1 is 0.969 bits per heavy atom. The van der Waals surface area contributed by atoms with Gasteiger partial charge in [0.25, 0.3) is 0 Å². The normalized spacial score (nSPS) is 11.2. The molecule has 4 nitrogen and oxygen atoms in total. The second-order valence-electron chi connectivity index (χ2n) is 7.27. The minimum Gasteiger partial charge on any atom is -0.454 e. The summed E-state index contributed by atoms with van der Waals surface area (Å²) in [6, 6.07) is 25.2. The summed E-state index contributed by atoms with van der Waals surface area (Å²) in [4.78, 5) is 25.5. The van der Waals surface area contributed by atoms with E-state index < -0.39 is 5.97 Å². The molecular formula is C27H22BrNO3. The van der Waals surface area contributed by atoms with Gasteiger partial charge < -0.3 is 9.30 Å². The zero-order valence-corrected chi connectivity index (χ0v) is 19.2. The molecule has 0 aliphatic rings. The number of benzene rings is 3. The predicted octanol–water partition coefficient (Wildman–Crippen LogP) is 6.53. The molecule has 1 heterocycles.